The van der Waals surface area contributed by atoms with Gasteiger partial charge in [0.2, 0.25) is 0 Å². The van der Waals surface area contributed by atoms with Gasteiger partial charge >= 0.3 is 0 Å². The maximum absolute atomic E-state index is 5.63. The van der Waals surface area contributed by atoms with Gasteiger partial charge in [0.25, 0.3) is 0 Å². The average molecular weight is 226 g/mol. The van der Waals surface area contributed by atoms with E-state index >= 15 is 0 Å². The summed E-state index contributed by atoms with van der Waals surface area (Å²) in [6.45, 7) is 6.73. The van der Waals surface area contributed by atoms with E-state index < -0.39 is 0 Å². The standard InChI is InChI=1S/C14H30N2/c1-12-6-8-14(9-7-12)16(3)10-4-5-13(2)11-15/h12-14H,4-11,15H2,1-3H3. The first-order chi connectivity index (χ1) is 7.63. The first-order valence-electron chi connectivity index (χ1n) is 7.03. The highest BCUT2D eigenvalue weighted by Crippen LogP contribution is 2.26. The zero-order valence-corrected chi connectivity index (χ0v) is 11.4. The van der Waals surface area contributed by atoms with Crippen molar-refractivity contribution in [3.05, 3.63) is 0 Å². The zero-order valence-electron chi connectivity index (χ0n) is 11.4. The molecule has 0 aliphatic heterocycles. The van der Waals surface area contributed by atoms with Crippen molar-refractivity contribution in [1.29, 1.82) is 0 Å². The van der Waals surface area contributed by atoms with Gasteiger partial charge in [0.1, 0.15) is 0 Å². The van der Waals surface area contributed by atoms with Gasteiger partial charge in [-0.2, -0.15) is 0 Å². The van der Waals surface area contributed by atoms with E-state index in [1.807, 2.05) is 0 Å². The van der Waals surface area contributed by atoms with Crippen molar-refractivity contribution in [3.8, 4) is 0 Å². The first-order valence-corrected chi connectivity index (χ1v) is 7.03. The van der Waals surface area contributed by atoms with Crippen LogP contribution in [-0.4, -0.2) is 31.1 Å². The van der Waals surface area contributed by atoms with Gasteiger partial charge in [0, 0.05) is 6.04 Å². The molecule has 1 saturated carbocycles. The van der Waals surface area contributed by atoms with Gasteiger partial charge in [-0.25, -0.2) is 0 Å². The molecule has 0 heterocycles. The highest BCUT2D eigenvalue weighted by Gasteiger charge is 2.21. The van der Waals surface area contributed by atoms with Crippen molar-refractivity contribution >= 4 is 0 Å². The predicted molar refractivity (Wildman–Crippen MR) is 71.5 cm³/mol. The van der Waals surface area contributed by atoms with Crippen LogP contribution in [0.5, 0.6) is 0 Å². The molecular formula is C14H30N2. The fraction of sp³-hybridized carbons (Fsp3) is 1.00. The lowest BCUT2D eigenvalue weighted by atomic mass is 9.86. The smallest absolute Gasteiger partial charge is 0.00924 e. The third-order valence-electron chi connectivity index (χ3n) is 4.22. The number of nitrogens with zero attached hydrogens (tertiary/aromatic N) is 1. The molecule has 1 rings (SSSR count). The zero-order chi connectivity index (χ0) is 12.0. The van der Waals surface area contributed by atoms with Crippen LogP contribution in [-0.2, 0) is 0 Å². The Hall–Kier alpha value is -0.0800. The second-order valence-electron chi connectivity index (χ2n) is 5.88. The van der Waals surface area contributed by atoms with Crippen molar-refractivity contribution in [2.24, 2.45) is 17.6 Å². The Labute approximate surface area is 102 Å². The summed E-state index contributed by atoms with van der Waals surface area (Å²) in [5.74, 6) is 1.65. The fourth-order valence-electron chi connectivity index (χ4n) is 2.67. The molecule has 0 radical (unpaired) electrons. The monoisotopic (exact) mass is 226 g/mol. The Kier molecular flexibility index (Phi) is 6.37. The fourth-order valence-corrected chi connectivity index (χ4v) is 2.67. The van der Waals surface area contributed by atoms with Crippen LogP contribution in [0.3, 0.4) is 0 Å². The molecule has 1 unspecified atom stereocenters. The summed E-state index contributed by atoms with van der Waals surface area (Å²) in [7, 11) is 2.30. The Balaban J connectivity index is 2.12. The van der Waals surface area contributed by atoms with E-state index in [-0.39, 0.29) is 0 Å². The highest BCUT2D eigenvalue weighted by atomic mass is 15.1. The van der Waals surface area contributed by atoms with Crippen LogP contribution in [0.4, 0.5) is 0 Å². The number of hydrogen-bond donors (Lipinski definition) is 1. The van der Waals surface area contributed by atoms with Crippen LogP contribution in [0.25, 0.3) is 0 Å². The summed E-state index contributed by atoms with van der Waals surface area (Å²) in [5, 5.41) is 0. The summed E-state index contributed by atoms with van der Waals surface area (Å²) < 4.78 is 0. The third kappa shape index (κ3) is 4.84. The van der Waals surface area contributed by atoms with Crippen LogP contribution in [0, 0.1) is 11.8 Å². The van der Waals surface area contributed by atoms with Crippen LogP contribution in [0.15, 0.2) is 0 Å². The Morgan fingerprint density at radius 1 is 1.25 bits per heavy atom. The van der Waals surface area contributed by atoms with Gasteiger partial charge in [0.15, 0.2) is 0 Å². The normalized spacial score (nSPS) is 28.3. The quantitative estimate of drug-likeness (QED) is 0.754. The molecule has 2 N–H and O–H groups in total. The van der Waals surface area contributed by atoms with Crippen molar-refractivity contribution in [2.45, 2.75) is 58.4 Å². The van der Waals surface area contributed by atoms with E-state index in [2.05, 4.69) is 25.8 Å². The summed E-state index contributed by atoms with van der Waals surface area (Å²) in [5.41, 5.74) is 5.63. The molecule has 0 spiro atoms. The summed E-state index contributed by atoms with van der Waals surface area (Å²) in [6, 6.07) is 0.851. The lowest BCUT2D eigenvalue weighted by Crippen LogP contribution is -2.35. The number of nitrogens with two attached hydrogens (primary N) is 1. The molecule has 0 aromatic rings. The lowest BCUT2D eigenvalue weighted by Gasteiger charge is -2.33. The van der Waals surface area contributed by atoms with Gasteiger partial charge in [-0.15, -0.1) is 0 Å². The SMILES string of the molecule is CC(CN)CCCN(C)C1CCC(C)CC1. The molecule has 1 fully saturated rings. The van der Waals surface area contributed by atoms with Gasteiger partial charge in [-0.05, 0) is 70.5 Å². The van der Waals surface area contributed by atoms with Gasteiger partial charge in [0.05, 0.1) is 0 Å². The van der Waals surface area contributed by atoms with Crippen molar-refractivity contribution in [3.63, 3.8) is 0 Å². The lowest BCUT2D eigenvalue weighted by molar-refractivity contribution is 0.166. The molecule has 2 nitrogen and oxygen atoms in total. The highest BCUT2D eigenvalue weighted by molar-refractivity contribution is 4.76. The third-order valence-corrected chi connectivity index (χ3v) is 4.22. The Morgan fingerprint density at radius 3 is 2.44 bits per heavy atom. The molecular weight excluding hydrogens is 196 g/mol. The minimum atomic E-state index is 0.694. The second-order valence-corrected chi connectivity index (χ2v) is 5.88. The topological polar surface area (TPSA) is 29.3 Å². The predicted octanol–water partition coefficient (Wildman–Crippen LogP) is 2.87. The van der Waals surface area contributed by atoms with Crippen LogP contribution in [0.1, 0.15) is 52.4 Å². The van der Waals surface area contributed by atoms with Gasteiger partial charge in [-0.3, -0.25) is 0 Å². The molecule has 0 aromatic heterocycles. The second kappa shape index (κ2) is 7.29. The Morgan fingerprint density at radius 2 is 1.88 bits per heavy atom. The van der Waals surface area contributed by atoms with E-state index in [0.29, 0.717) is 5.92 Å². The number of rotatable bonds is 6. The van der Waals surface area contributed by atoms with E-state index in [1.165, 1.54) is 45.1 Å². The maximum atomic E-state index is 5.63. The van der Waals surface area contributed by atoms with Crippen LogP contribution in [0.2, 0.25) is 0 Å². The number of hydrogen-bond acceptors (Lipinski definition) is 2. The summed E-state index contributed by atoms with van der Waals surface area (Å²) in [4.78, 5) is 2.58. The molecule has 96 valence electrons. The molecule has 1 aliphatic carbocycles. The minimum absolute atomic E-state index is 0.694. The van der Waals surface area contributed by atoms with Crippen molar-refractivity contribution in [1.82, 2.24) is 4.90 Å². The molecule has 0 bridgehead atoms. The van der Waals surface area contributed by atoms with E-state index in [1.54, 1.807) is 0 Å². The molecule has 1 aliphatic rings. The summed E-state index contributed by atoms with van der Waals surface area (Å²) >= 11 is 0. The van der Waals surface area contributed by atoms with Gasteiger partial charge in [-0.1, -0.05) is 13.8 Å². The summed E-state index contributed by atoms with van der Waals surface area (Å²) in [6.07, 6.45) is 8.25. The minimum Gasteiger partial charge on any atom is -0.330 e. The average Bonchev–Trinajstić information content (AvgIpc) is 2.29. The maximum Gasteiger partial charge on any atom is 0.00924 e. The first kappa shape index (κ1) is 14.0. The van der Waals surface area contributed by atoms with Crippen LogP contribution < -0.4 is 5.73 Å². The van der Waals surface area contributed by atoms with Crippen LogP contribution >= 0.6 is 0 Å². The largest absolute Gasteiger partial charge is 0.330 e. The van der Waals surface area contributed by atoms with Crippen molar-refractivity contribution in [2.75, 3.05) is 20.1 Å². The van der Waals surface area contributed by atoms with Crippen molar-refractivity contribution < 1.29 is 0 Å². The molecule has 16 heavy (non-hydrogen) atoms. The Bertz CT molecular complexity index is 174. The van der Waals surface area contributed by atoms with E-state index in [9.17, 15) is 0 Å². The molecule has 2 heteroatoms. The molecule has 1 atom stereocenters. The molecule has 0 saturated heterocycles. The van der Waals surface area contributed by atoms with E-state index in [4.69, 9.17) is 5.73 Å². The molecule has 0 aromatic carbocycles. The van der Waals surface area contributed by atoms with E-state index in [0.717, 1.165) is 18.5 Å². The molecule has 0 amide bonds. The van der Waals surface area contributed by atoms with Gasteiger partial charge < -0.3 is 10.6 Å².